The first-order chi connectivity index (χ1) is 17.3. The third-order valence-electron chi connectivity index (χ3n) is 7.13. The lowest BCUT2D eigenvalue weighted by Crippen LogP contribution is -2.52. The second-order valence-corrected chi connectivity index (χ2v) is 10.1. The SMILES string of the molecule is COc1ccc(C=CC(=O)NCC2CN(C(C)c3ccc(OCCCCN(C)C)c(C)c3C)C2)cc1. The van der Waals surface area contributed by atoms with Gasteiger partial charge in [0.15, 0.2) is 0 Å². The van der Waals surface area contributed by atoms with Gasteiger partial charge in [0.1, 0.15) is 11.5 Å². The number of carbonyl (C=O) groups excluding carboxylic acids is 1. The third-order valence-corrected chi connectivity index (χ3v) is 7.13. The molecule has 1 atom stereocenters. The lowest BCUT2D eigenvalue weighted by atomic mass is 9.91. The van der Waals surface area contributed by atoms with E-state index in [4.69, 9.17) is 9.47 Å². The fourth-order valence-electron chi connectivity index (χ4n) is 4.58. The van der Waals surface area contributed by atoms with Crippen LogP contribution in [0.2, 0.25) is 0 Å². The number of methoxy groups -OCH3 is 1. The van der Waals surface area contributed by atoms with E-state index >= 15 is 0 Å². The maximum Gasteiger partial charge on any atom is 0.244 e. The molecule has 0 aromatic heterocycles. The second kappa shape index (κ2) is 13.5. The highest BCUT2D eigenvalue weighted by Gasteiger charge is 2.31. The van der Waals surface area contributed by atoms with Crippen molar-refractivity contribution in [3.8, 4) is 11.5 Å². The van der Waals surface area contributed by atoms with E-state index < -0.39 is 0 Å². The van der Waals surface area contributed by atoms with Gasteiger partial charge in [0.05, 0.1) is 13.7 Å². The van der Waals surface area contributed by atoms with Crippen molar-refractivity contribution < 1.29 is 14.3 Å². The van der Waals surface area contributed by atoms with Crippen LogP contribution in [0, 0.1) is 19.8 Å². The average Bonchev–Trinajstić information content (AvgIpc) is 2.84. The fraction of sp³-hybridized carbons (Fsp3) is 0.500. The van der Waals surface area contributed by atoms with Crippen molar-refractivity contribution in [1.82, 2.24) is 15.1 Å². The van der Waals surface area contributed by atoms with Gasteiger partial charge in [-0.05, 0) is 101 Å². The third kappa shape index (κ3) is 7.84. The molecule has 0 saturated carbocycles. The van der Waals surface area contributed by atoms with Gasteiger partial charge in [0.25, 0.3) is 0 Å². The Morgan fingerprint density at radius 3 is 2.50 bits per heavy atom. The van der Waals surface area contributed by atoms with Crippen LogP contribution >= 0.6 is 0 Å². The van der Waals surface area contributed by atoms with Crippen molar-refractivity contribution >= 4 is 12.0 Å². The summed E-state index contributed by atoms with van der Waals surface area (Å²) in [5.41, 5.74) is 4.88. The first-order valence-electron chi connectivity index (χ1n) is 13.0. The van der Waals surface area contributed by atoms with Gasteiger partial charge in [-0.3, -0.25) is 9.69 Å². The second-order valence-electron chi connectivity index (χ2n) is 10.1. The molecule has 1 unspecified atom stereocenters. The van der Waals surface area contributed by atoms with Crippen LogP contribution in [0.15, 0.2) is 42.5 Å². The Balaban J connectivity index is 1.41. The Bertz CT molecular complexity index is 1010. The molecule has 1 saturated heterocycles. The number of ether oxygens (including phenoxy) is 2. The Morgan fingerprint density at radius 2 is 1.83 bits per heavy atom. The predicted molar refractivity (Wildman–Crippen MR) is 148 cm³/mol. The molecule has 1 amide bonds. The van der Waals surface area contributed by atoms with Crippen LogP contribution in [-0.2, 0) is 4.79 Å². The van der Waals surface area contributed by atoms with E-state index in [1.165, 1.54) is 16.7 Å². The zero-order chi connectivity index (χ0) is 26.1. The number of carbonyl (C=O) groups is 1. The van der Waals surface area contributed by atoms with Crippen LogP contribution in [-0.4, -0.2) is 69.7 Å². The average molecular weight is 494 g/mol. The standard InChI is InChI=1S/C30H43N3O3/c1-22-23(2)29(36-18-8-7-17-32(4)5)15-14-28(22)24(3)33-20-26(21-33)19-31-30(34)16-11-25-9-12-27(35-6)13-10-25/h9-16,24,26H,7-8,17-21H2,1-6H3,(H,31,34). The van der Waals surface area contributed by atoms with Crippen molar-refractivity contribution in [2.75, 3.05) is 54.0 Å². The van der Waals surface area contributed by atoms with Crippen molar-refractivity contribution in [3.63, 3.8) is 0 Å². The highest BCUT2D eigenvalue weighted by molar-refractivity contribution is 5.91. The summed E-state index contributed by atoms with van der Waals surface area (Å²) in [5, 5.41) is 3.04. The molecular formula is C30H43N3O3. The Labute approximate surface area is 217 Å². The van der Waals surface area contributed by atoms with Gasteiger partial charge >= 0.3 is 0 Å². The minimum absolute atomic E-state index is 0.0545. The largest absolute Gasteiger partial charge is 0.497 e. The minimum Gasteiger partial charge on any atom is -0.497 e. The van der Waals surface area contributed by atoms with E-state index in [0.717, 1.165) is 56.1 Å². The molecule has 6 nitrogen and oxygen atoms in total. The number of hydrogen-bond acceptors (Lipinski definition) is 5. The zero-order valence-corrected chi connectivity index (χ0v) is 22.8. The highest BCUT2D eigenvalue weighted by Crippen LogP contribution is 2.34. The van der Waals surface area contributed by atoms with Gasteiger partial charge in [0.2, 0.25) is 5.91 Å². The quantitative estimate of drug-likeness (QED) is 0.319. The molecule has 0 radical (unpaired) electrons. The Morgan fingerprint density at radius 1 is 1.11 bits per heavy atom. The summed E-state index contributed by atoms with van der Waals surface area (Å²) in [5.74, 6) is 2.24. The first kappa shape index (κ1) is 27.8. The van der Waals surface area contributed by atoms with E-state index in [0.29, 0.717) is 18.5 Å². The molecule has 36 heavy (non-hydrogen) atoms. The molecule has 2 aromatic rings. The number of nitrogens with one attached hydrogen (secondary N) is 1. The maximum atomic E-state index is 12.2. The van der Waals surface area contributed by atoms with Crippen molar-refractivity contribution in [2.45, 2.75) is 39.7 Å². The van der Waals surface area contributed by atoms with Gasteiger partial charge in [0, 0.05) is 37.7 Å². The molecule has 0 bridgehead atoms. The molecular weight excluding hydrogens is 450 g/mol. The molecule has 196 valence electrons. The number of unbranched alkanes of at least 4 members (excludes halogenated alkanes) is 1. The minimum atomic E-state index is -0.0545. The molecule has 3 rings (SSSR count). The molecule has 0 spiro atoms. The normalized spacial score (nSPS) is 15.2. The zero-order valence-electron chi connectivity index (χ0n) is 22.8. The summed E-state index contributed by atoms with van der Waals surface area (Å²) in [7, 11) is 5.85. The summed E-state index contributed by atoms with van der Waals surface area (Å²) < 4.78 is 11.2. The molecule has 1 fully saturated rings. The predicted octanol–water partition coefficient (Wildman–Crippen LogP) is 4.86. The van der Waals surface area contributed by atoms with Gasteiger partial charge in [-0.15, -0.1) is 0 Å². The Hall–Kier alpha value is -2.83. The lowest BCUT2D eigenvalue weighted by molar-refractivity contribution is -0.117. The number of nitrogens with zero attached hydrogens (tertiary/aromatic N) is 2. The summed E-state index contributed by atoms with van der Waals surface area (Å²) in [6.07, 6.45) is 5.64. The first-order valence-corrected chi connectivity index (χ1v) is 13.0. The molecule has 6 heteroatoms. The fourth-order valence-corrected chi connectivity index (χ4v) is 4.58. The summed E-state index contributed by atoms with van der Waals surface area (Å²) >= 11 is 0. The van der Waals surface area contributed by atoms with E-state index in [2.05, 4.69) is 62.1 Å². The van der Waals surface area contributed by atoms with Gasteiger partial charge in [-0.2, -0.15) is 0 Å². The van der Waals surface area contributed by atoms with Crippen molar-refractivity contribution in [3.05, 3.63) is 64.7 Å². The molecule has 1 N–H and O–H groups in total. The number of hydrogen-bond donors (Lipinski definition) is 1. The number of benzene rings is 2. The van der Waals surface area contributed by atoms with Crippen LogP contribution in [0.3, 0.4) is 0 Å². The van der Waals surface area contributed by atoms with Crippen LogP contribution in [0.4, 0.5) is 0 Å². The van der Waals surface area contributed by atoms with Crippen molar-refractivity contribution in [1.29, 1.82) is 0 Å². The summed E-state index contributed by atoms with van der Waals surface area (Å²) in [6, 6.07) is 12.3. The van der Waals surface area contributed by atoms with Gasteiger partial charge in [-0.25, -0.2) is 0 Å². The molecule has 1 aliphatic heterocycles. The highest BCUT2D eigenvalue weighted by atomic mass is 16.5. The van der Waals surface area contributed by atoms with Crippen LogP contribution in [0.25, 0.3) is 6.08 Å². The summed E-state index contributed by atoms with van der Waals surface area (Å²) in [4.78, 5) is 16.9. The molecule has 1 heterocycles. The summed E-state index contributed by atoms with van der Waals surface area (Å²) in [6.45, 7) is 11.2. The molecule has 2 aromatic carbocycles. The smallest absolute Gasteiger partial charge is 0.244 e. The van der Waals surface area contributed by atoms with Crippen LogP contribution in [0.1, 0.15) is 48.1 Å². The topological polar surface area (TPSA) is 54.0 Å². The maximum absolute atomic E-state index is 12.2. The van der Waals surface area contributed by atoms with E-state index in [1.54, 1.807) is 13.2 Å². The van der Waals surface area contributed by atoms with E-state index in [9.17, 15) is 4.79 Å². The number of likely N-dealkylation sites (tertiary alicyclic amines) is 1. The van der Waals surface area contributed by atoms with Crippen molar-refractivity contribution in [2.24, 2.45) is 5.92 Å². The van der Waals surface area contributed by atoms with E-state index in [-0.39, 0.29) is 5.91 Å². The molecule has 1 aliphatic rings. The van der Waals surface area contributed by atoms with Crippen LogP contribution < -0.4 is 14.8 Å². The van der Waals surface area contributed by atoms with Gasteiger partial charge in [-0.1, -0.05) is 18.2 Å². The van der Waals surface area contributed by atoms with Crippen LogP contribution in [0.5, 0.6) is 11.5 Å². The van der Waals surface area contributed by atoms with E-state index in [1.807, 2.05) is 30.3 Å². The Kier molecular flexibility index (Phi) is 10.4. The molecule has 0 aliphatic carbocycles. The number of amides is 1. The lowest BCUT2D eigenvalue weighted by Gasteiger charge is -2.44. The number of rotatable bonds is 13. The van der Waals surface area contributed by atoms with Gasteiger partial charge < -0.3 is 19.7 Å². The monoisotopic (exact) mass is 493 g/mol.